The van der Waals surface area contributed by atoms with Gasteiger partial charge in [-0.15, -0.1) is 0 Å². The van der Waals surface area contributed by atoms with Crippen LogP contribution < -0.4 is 10.6 Å². The predicted octanol–water partition coefficient (Wildman–Crippen LogP) is 5.09. The number of H-pyrrole nitrogens is 1. The van der Waals surface area contributed by atoms with Crippen molar-refractivity contribution >= 4 is 34.2 Å². The number of fused-ring (bicyclic) bond motifs is 1. The number of carbonyl (C=O) groups is 2. The molecule has 0 fully saturated rings. The number of halogens is 1. The number of imidazole rings is 1. The Morgan fingerprint density at radius 3 is 2.31 bits per heavy atom. The molecule has 1 aromatic heterocycles. The van der Waals surface area contributed by atoms with Crippen LogP contribution in [-0.2, 0) is 17.6 Å². The molecule has 0 saturated heterocycles. The molecule has 0 aliphatic carbocycles. The molecular weight excluding hydrogens is 407 g/mol. The minimum Gasteiger partial charge on any atom is -0.342 e. The molecule has 0 unspecified atom stereocenters. The van der Waals surface area contributed by atoms with Crippen LogP contribution in [-0.4, -0.2) is 21.8 Å². The number of aryl methyl sites for hydroxylation is 2. The maximum atomic E-state index is 13.0. The molecule has 162 valence electrons. The number of hydrogen-bond acceptors (Lipinski definition) is 3. The molecule has 0 spiro atoms. The fraction of sp³-hybridized carbons (Fsp3) is 0.160. The second kappa shape index (κ2) is 9.43. The maximum Gasteiger partial charge on any atom is 0.255 e. The number of carbonyl (C=O) groups excluding carboxylic acids is 2. The monoisotopic (exact) mass is 430 g/mol. The molecule has 0 aliphatic heterocycles. The van der Waals surface area contributed by atoms with Gasteiger partial charge in [-0.05, 0) is 66.6 Å². The van der Waals surface area contributed by atoms with Gasteiger partial charge in [0, 0.05) is 29.8 Å². The van der Waals surface area contributed by atoms with Gasteiger partial charge in [0.15, 0.2) is 0 Å². The molecule has 1 heterocycles. The normalized spacial score (nSPS) is 10.8. The molecular formula is C25H23FN4O2. The zero-order chi connectivity index (χ0) is 22.5. The second-order valence-electron chi connectivity index (χ2n) is 7.48. The quantitative estimate of drug-likeness (QED) is 0.382. The molecule has 0 aliphatic rings. The average molecular weight is 430 g/mol. The molecule has 0 bridgehead atoms. The molecule has 2 amide bonds. The number of hydrogen-bond donors (Lipinski definition) is 3. The maximum absolute atomic E-state index is 13.0. The van der Waals surface area contributed by atoms with E-state index >= 15 is 0 Å². The number of nitrogens with zero attached hydrogens (tertiary/aromatic N) is 1. The van der Waals surface area contributed by atoms with E-state index in [1.165, 1.54) is 24.3 Å². The Bertz CT molecular complexity index is 1250. The Labute approximate surface area is 184 Å². The van der Waals surface area contributed by atoms with E-state index in [-0.39, 0.29) is 17.6 Å². The van der Waals surface area contributed by atoms with Crippen LogP contribution in [0, 0.1) is 5.82 Å². The Balaban J connectivity index is 1.40. The van der Waals surface area contributed by atoms with E-state index in [4.69, 9.17) is 0 Å². The van der Waals surface area contributed by atoms with Crippen molar-refractivity contribution in [2.24, 2.45) is 0 Å². The van der Waals surface area contributed by atoms with Crippen molar-refractivity contribution < 1.29 is 14.0 Å². The van der Waals surface area contributed by atoms with E-state index in [2.05, 4.69) is 20.6 Å². The minimum atomic E-state index is -0.353. The van der Waals surface area contributed by atoms with Crippen molar-refractivity contribution in [3.05, 3.63) is 89.5 Å². The van der Waals surface area contributed by atoms with Crippen LogP contribution in [0.2, 0.25) is 0 Å². The van der Waals surface area contributed by atoms with Gasteiger partial charge in [0.1, 0.15) is 11.6 Å². The van der Waals surface area contributed by atoms with Crippen LogP contribution in [0.1, 0.15) is 35.1 Å². The molecule has 4 rings (SSSR count). The SMILES string of the molecule is CCC(=O)Nc1ccc(CCc2nc3ccc(C(=O)Nc4ccc(F)cc4)cc3[nH]2)cc1. The molecule has 0 radical (unpaired) electrons. The van der Waals surface area contributed by atoms with E-state index < -0.39 is 0 Å². The van der Waals surface area contributed by atoms with E-state index in [0.29, 0.717) is 24.1 Å². The summed E-state index contributed by atoms with van der Waals surface area (Å²) in [6.07, 6.45) is 1.95. The van der Waals surface area contributed by atoms with Crippen molar-refractivity contribution in [1.82, 2.24) is 9.97 Å². The Morgan fingerprint density at radius 2 is 1.59 bits per heavy atom. The molecule has 6 nitrogen and oxygen atoms in total. The van der Waals surface area contributed by atoms with Crippen molar-refractivity contribution in [2.45, 2.75) is 26.2 Å². The lowest BCUT2D eigenvalue weighted by Crippen LogP contribution is -2.11. The largest absolute Gasteiger partial charge is 0.342 e. The highest BCUT2D eigenvalue weighted by Crippen LogP contribution is 2.18. The van der Waals surface area contributed by atoms with Crippen molar-refractivity contribution in [3.63, 3.8) is 0 Å². The van der Waals surface area contributed by atoms with Gasteiger partial charge in [-0.2, -0.15) is 0 Å². The number of aromatic nitrogens is 2. The van der Waals surface area contributed by atoms with Crippen molar-refractivity contribution in [2.75, 3.05) is 10.6 Å². The number of amides is 2. The van der Waals surface area contributed by atoms with E-state index in [1.54, 1.807) is 18.2 Å². The third kappa shape index (κ3) is 5.18. The van der Waals surface area contributed by atoms with E-state index in [9.17, 15) is 14.0 Å². The first-order chi connectivity index (χ1) is 15.5. The summed E-state index contributed by atoms with van der Waals surface area (Å²) >= 11 is 0. The number of nitrogens with one attached hydrogen (secondary N) is 3. The van der Waals surface area contributed by atoms with Crippen LogP contribution in [0.15, 0.2) is 66.7 Å². The standard InChI is InChI=1S/C25H23FN4O2/c1-2-24(31)27-19-9-3-16(4-10-19)5-14-23-29-21-13-6-17(15-22(21)30-23)25(32)28-20-11-7-18(26)8-12-20/h3-4,6-13,15H,2,5,14H2,1H3,(H,27,31)(H,28,32)(H,29,30). The van der Waals surface area contributed by atoms with Crippen molar-refractivity contribution in [3.8, 4) is 0 Å². The number of aromatic amines is 1. The van der Waals surface area contributed by atoms with Gasteiger partial charge in [0.05, 0.1) is 11.0 Å². The molecule has 3 aromatic carbocycles. The third-order valence-corrected chi connectivity index (χ3v) is 5.10. The molecule has 7 heteroatoms. The topological polar surface area (TPSA) is 86.9 Å². The lowest BCUT2D eigenvalue weighted by atomic mass is 10.1. The minimum absolute atomic E-state index is 0.00857. The van der Waals surface area contributed by atoms with Crippen LogP contribution in [0.5, 0.6) is 0 Å². The second-order valence-corrected chi connectivity index (χ2v) is 7.48. The molecule has 0 atom stereocenters. The molecule has 0 saturated carbocycles. The Hall–Kier alpha value is -4.00. The number of anilines is 2. The van der Waals surface area contributed by atoms with Crippen molar-refractivity contribution in [1.29, 1.82) is 0 Å². The van der Waals surface area contributed by atoms with Gasteiger partial charge in [0.25, 0.3) is 5.91 Å². The summed E-state index contributed by atoms with van der Waals surface area (Å²) in [6, 6.07) is 18.7. The van der Waals surface area contributed by atoms with Gasteiger partial charge >= 0.3 is 0 Å². The highest BCUT2D eigenvalue weighted by Gasteiger charge is 2.10. The fourth-order valence-corrected chi connectivity index (χ4v) is 3.33. The Kier molecular flexibility index (Phi) is 6.26. The zero-order valence-electron chi connectivity index (χ0n) is 17.6. The van der Waals surface area contributed by atoms with Crippen LogP contribution in [0.25, 0.3) is 11.0 Å². The van der Waals surface area contributed by atoms with Gasteiger partial charge in [-0.1, -0.05) is 19.1 Å². The average Bonchev–Trinajstić information content (AvgIpc) is 3.22. The lowest BCUT2D eigenvalue weighted by molar-refractivity contribution is -0.115. The molecule has 32 heavy (non-hydrogen) atoms. The lowest BCUT2D eigenvalue weighted by Gasteiger charge is -2.05. The zero-order valence-corrected chi connectivity index (χ0v) is 17.6. The first kappa shape index (κ1) is 21.2. The van der Waals surface area contributed by atoms with Gasteiger partial charge < -0.3 is 15.6 Å². The first-order valence-corrected chi connectivity index (χ1v) is 10.4. The summed E-state index contributed by atoms with van der Waals surface area (Å²) < 4.78 is 13.0. The number of benzene rings is 3. The first-order valence-electron chi connectivity index (χ1n) is 10.4. The molecule has 4 aromatic rings. The van der Waals surface area contributed by atoms with Crippen LogP contribution >= 0.6 is 0 Å². The van der Waals surface area contributed by atoms with E-state index in [1.807, 2.05) is 31.2 Å². The van der Waals surface area contributed by atoms with Crippen LogP contribution in [0.3, 0.4) is 0 Å². The van der Waals surface area contributed by atoms with E-state index in [0.717, 1.165) is 34.5 Å². The summed E-state index contributed by atoms with van der Waals surface area (Å²) in [6.45, 7) is 1.82. The van der Waals surface area contributed by atoms with Crippen LogP contribution in [0.4, 0.5) is 15.8 Å². The van der Waals surface area contributed by atoms with Gasteiger partial charge in [-0.25, -0.2) is 9.37 Å². The third-order valence-electron chi connectivity index (χ3n) is 5.10. The summed E-state index contributed by atoms with van der Waals surface area (Å²) in [5.41, 5.74) is 4.51. The predicted molar refractivity (Wildman–Crippen MR) is 123 cm³/mol. The van der Waals surface area contributed by atoms with Gasteiger partial charge in [-0.3, -0.25) is 9.59 Å². The highest BCUT2D eigenvalue weighted by molar-refractivity contribution is 6.05. The summed E-state index contributed by atoms with van der Waals surface area (Å²) in [4.78, 5) is 31.9. The number of rotatable bonds is 7. The molecule has 3 N–H and O–H groups in total. The Morgan fingerprint density at radius 1 is 0.906 bits per heavy atom. The summed E-state index contributed by atoms with van der Waals surface area (Å²) in [5.74, 6) is 0.198. The smallest absolute Gasteiger partial charge is 0.255 e. The summed E-state index contributed by atoms with van der Waals surface area (Å²) in [7, 11) is 0. The fourth-order valence-electron chi connectivity index (χ4n) is 3.33. The van der Waals surface area contributed by atoms with Gasteiger partial charge in [0.2, 0.25) is 5.91 Å². The summed E-state index contributed by atoms with van der Waals surface area (Å²) in [5, 5.41) is 5.59. The highest BCUT2D eigenvalue weighted by atomic mass is 19.1.